The first-order valence-corrected chi connectivity index (χ1v) is 6.13. The fourth-order valence-corrected chi connectivity index (χ4v) is 1.48. The van der Waals surface area contributed by atoms with Gasteiger partial charge in [0.2, 0.25) is 0 Å². The number of nitrogens with one attached hydrogen (secondary N) is 1. The Morgan fingerprint density at radius 3 is 2.30 bits per heavy atom. The molecule has 0 spiro atoms. The van der Waals surface area contributed by atoms with Gasteiger partial charge in [-0.05, 0) is 12.1 Å². The van der Waals surface area contributed by atoms with Gasteiger partial charge in [0.15, 0.2) is 6.10 Å². The van der Waals surface area contributed by atoms with Gasteiger partial charge in [0.05, 0.1) is 6.54 Å². The zero-order chi connectivity index (χ0) is 15.0. The summed E-state index contributed by atoms with van der Waals surface area (Å²) in [4.78, 5) is 33.5. The zero-order valence-corrected chi connectivity index (χ0v) is 11.4. The Kier molecular flexibility index (Phi) is 6.22. The monoisotopic (exact) mass is 279 g/mol. The molecular weight excluding hydrogens is 262 g/mol. The van der Waals surface area contributed by atoms with Crippen LogP contribution in [0.25, 0.3) is 0 Å². The highest BCUT2D eigenvalue weighted by Crippen LogP contribution is 1.99. The number of carbonyl (C=O) groups is 3. The second kappa shape index (κ2) is 7.93. The van der Waals surface area contributed by atoms with Crippen LogP contribution in [0.1, 0.15) is 24.2 Å². The van der Waals surface area contributed by atoms with Crippen LogP contribution in [0.5, 0.6) is 0 Å². The van der Waals surface area contributed by atoms with Gasteiger partial charge in [-0.15, -0.1) is 0 Å². The van der Waals surface area contributed by atoms with E-state index in [2.05, 4.69) is 5.32 Å². The van der Waals surface area contributed by atoms with E-state index in [0.717, 1.165) is 0 Å². The molecule has 0 aliphatic carbocycles. The summed E-state index contributed by atoms with van der Waals surface area (Å²) in [5, 5.41) is 2.62. The molecule has 0 aromatic heterocycles. The van der Waals surface area contributed by atoms with Crippen LogP contribution >= 0.6 is 0 Å². The van der Waals surface area contributed by atoms with Crippen molar-refractivity contribution in [2.24, 2.45) is 0 Å². The number of hydrogen-bond donors (Lipinski definition) is 1. The summed E-state index contributed by atoms with van der Waals surface area (Å²) in [5.74, 6) is -1.27. The number of hydrogen-bond acceptors (Lipinski definition) is 5. The molecule has 6 heteroatoms. The summed E-state index contributed by atoms with van der Waals surface area (Å²) < 4.78 is 9.73. The molecule has 0 heterocycles. The minimum atomic E-state index is -0.705. The van der Waals surface area contributed by atoms with Crippen molar-refractivity contribution in [2.45, 2.75) is 20.0 Å². The predicted octanol–water partition coefficient (Wildman–Crippen LogP) is 0.911. The molecule has 1 aromatic carbocycles. The molecule has 0 fully saturated rings. The average molecular weight is 279 g/mol. The maximum absolute atomic E-state index is 11.8. The van der Waals surface area contributed by atoms with Crippen LogP contribution in [-0.4, -0.2) is 37.1 Å². The zero-order valence-electron chi connectivity index (χ0n) is 11.4. The van der Waals surface area contributed by atoms with Crippen LogP contribution in [0, 0.1) is 0 Å². The van der Waals surface area contributed by atoms with E-state index >= 15 is 0 Å². The van der Waals surface area contributed by atoms with E-state index in [0.29, 0.717) is 5.56 Å². The molecule has 1 N–H and O–H groups in total. The summed E-state index contributed by atoms with van der Waals surface area (Å²) >= 11 is 0. The van der Waals surface area contributed by atoms with Crippen molar-refractivity contribution < 1.29 is 23.9 Å². The Hall–Kier alpha value is -2.37. The largest absolute Gasteiger partial charge is 0.462 e. The summed E-state index contributed by atoms with van der Waals surface area (Å²) in [6.45, 7) is 2.48. The quantitative estimate of drug-likeness (QED) is 0.783. The van der Waals surface area contributed by atoms with Crippen molar-refractivity contribution >= 4 is 17.8 Å². The van der Waals surface area contributed by atoms with Crippen molar-refractivity contribution in [3.8, 4) is 0 Å². The highest BCUT2D eigenvalue weighted by Gasteiger charge is 2.15. The van der Waals surface area contributed by atoms with Gasteiger partial charge < -0.3 is 14.8 Å². The minimum Gasteiger partial charge on any atom is -0.462 e. The van der Waals surface area contributed by atoms with Gasteiger partial charge in [-0.1, -0.05) is 18.2 Å². The third kappa shape index (κ3) is 5.99. The summed E-state index contributed by atoms with van der Waals surface area (Å²) in [7, 11) is 0. The van der Waals surface area contributed by atoms with Crippen LogP contribution in [-0.2, 0) is 19.1 Å². The van der Waals surface area contributed by atoms with Gasteiger partial charge in [-0.25, -0.2) is 0 Å². The lowest BCUT2D eigenvalue weighted by Gasteiger charge is -2.17. The molecule has 0 aliphatic heterocycles. The minimum absolute atomic E-state index is 0.0700. The maximum Gasteiger partial charge on any atom is 0.303 e. The van der Waals surface area contributed by atoms with Crippen molar-refractivity contribution in [1.82, 2.24) is 5.32 Å². The van der Waals surface area contributed by atoms with Crippen LogP contribution in [0.15, 0.2) is 30.3 Å². The van der Waals surface area contributed by atoms with Crippen LogP contribution < -0.4 is 5.32 Å². The number of carbonyl (C=O) groups excluding carboxylic acids is 3. The maximum atomic E-state index is 11.8. The molecule has 0 saturated carbocycles. The van der Waals surface area contributed by atoms with Gasteiger partial charge in [0.25, 0.3) is 5.91 Å². The molecule has 1 amide bonds. The summed E-state index contributed by atoms with van der Waals surface area (Å²) in [6, 6.07) is 8.64. The first-order chi connectivity index (χ1) is 9.49. The first kappa shape index (κ1) is 15.7. The Morgan fingerprint density at radius 2 is 1.75 bits per heavy atom. The topological polar surface area (TPSA) is 81.7 Å². The Morgan fingerprint density at radius 1 is 1.10 bits per heavy atom. The SMILES string of the molecule is CC(=O)OCC(CNC(=O)c1ccccc1)OC(C)=O. The van der Waals surface area contributed by atoms with E-state index in [9.17, 15) is 14.4 Å². The smallest absolute Gasteiger partial charge is 0.303 e. The van der Waals surface area contributed by atoms with Gasteiger partial charge in [0, 0.05) is 19.4 Å². The first-order valence-electron chi connectivity index (χ1n) is 6.13. The highest BCUT2D eigenvalue weighted by atomic mass is 16.6. The summed E-state index contributed by atoms with van der Waals surface area (Å²) in [6.07, 6.45) is -0.705. The van der Waals surface area contributed by atoms with E-state index in [1.54, 1.807) is 30.3 Å². The molecule has 1 aromatic rings. The fraction of sp³-hybridized carbons (Fsp3) is 0.357. The second-order valence-corrected chi connectivity index (χ2v) is 4.11. The van der Waals surface area contributed by atoms with Crippen LogP contribution in [0.2, 0.25) is 0 Å². The standard InChI is InChI=1S/C14H17NO5/c1-10(16)19-9-13(20-11(2)17)8-15-14(18)12-6-4-3-5-7-12/h3-7,13H,8-9H2,1-2H3,(H,15,18). The molecule has 1 atom stereocenters. The van der Waals surface area contributed by atoms with Gasteiger partial charge in [-0.2, -0.15) is 0 Å². The Balaban J connectivity index is 2.50. The molecule has 1 rings (SSSR count). The predicted molar refractivity (Wildman–Crippen MR) is 71.0 cm³/mol. The molecular formula is C14H17NO5. The molecule has 0 saturated heterocycles. The lowest BCUT2D eigenvalue weighted by atomic mass is 10.2. The van der Waals surface area contributed by atoms with Gasteiger partial charge >= 0.3 is 11.9 Å². The van der Waals surface area contributed by atoms with Gasteiger partial charge in [0.1, 0.15) is 6.61 Å². The van der Waals surface area contributed by atoms with Crippen molar-refractivity contribution in [3.63, 3.8) is 0 Å². The highest BCUT2D eigenvalue weighted by molar-refractivity contribution is 5.94. The second-order valence-electron chi connectivity index (χ2n) is 4.11. The molecule has 0 bridgehead atoms. The van der Waals surface area contributed by atoms with E-state index in [4.69, 9.17) is 9.47 Å². The van der Waals surface area contributed by atoms with Crippen molar-refractivity contribution in [3.05, 3.63) is 35.9 Å². The molecule has 1 unspecified atom stereocenters. The summed E-state index contributed by atoms with van der Waals surface area (Å²) in [5.41, 5.74) is 0.501. The van der Waals surface area contributed by atoms with Crippen LogP contribution in [0.3, 0.4) is 0 Å². The lowest BCUT2D eigenvalue weighted by Crippen LogP contribution is -2.37. The number of benzene rings is 1. The van der Waals surface area contributed by atoms with Gasteiger partial charge in [-0.3, -0.25) is 14.4 Å². The normalized spacial score (nSPS) is 11.3. The van der Waals surface area contributed by atoms with E-state index in [1.807, 2.05) is 0 Å². The van der Waals surface area contributed by atoms with E-state index < -0.39 is 18.0 Å². The molecule has 6 nitrogen and oxygen atoms in total. The average Bonchev–Trinajstić information content (AvgIpc) is 2.42. The van der Waals surface area contributed by atoms with E-state index in [-0.39, 0.29) is 19.1 Å². The molecule has 108 valence electrons. The number of esters is 2. The van der Waals surface area contributed by atoms with Crippen LogP contribution in [0.4, 0.5) is 0 Å². The third-order valence-corrected chi connectivity index (χ3v) is 2.33. The number of amides is 1. The Labute approximate surface area is 117 Å². The molecule has 0 aliphatic rings. The lowest BCUT2D eigenvalue weighted by molar-refractivity contribution is -0.155. The fourth-order valence-electron chi connectivity index (χ4n) is 1.48. The molecule has 20 heavy (non-hydrogen) atoms. The number of rotatable bonds is 6. The van der Waals surface area contributed by atoms with Crippen molar-refractivity contribution in [2.75, 3.05) is 13.2 Å². The number of ether oxygens (including phenoxy) is 2. The Bertz CT molecular complexity index is 472. The molecule has 0 radical (unpaired) electrons. The van der Waals surface area contributed by atoms with E-state index in [1.165, 1.54) is 13.8 Å². The third-order valence-electron chi connectivity index (χ3n) is 2.33. The van der Waals surface area contributed by atoms with Crippen molar-refractivity contribution in [1.29, 1.82) is 0 Å².